The van der Waals surface area contributed by atoms with Gasteiger partial charge in [0.15, 0.2) is 5.58 Å². The molecule has 0 saturated heterocycles. The van der Waals surface area contributed by atoms with Crippen molar-refractivity contribution in [3.05, 3.63) is 93.5 Å². The van der Waals surface area contributed by atoms with Crippen LogP contribution < -0.4 is 10.4 Å². The van der Waals surface area contributed by atoms with Crippen LogP contribution in [0.25, 0.3) is 16.7 Å². The first-order valence-corrected chi connectivity index (χ1v) is 13.8. The summed E-state index contributed by atoms with van der Waals surface area (Å²) in [7, 11) is -2.19. The zero-order valence-corrected chi connectivity index (χ0v) is 21.7. The van der Waals surface area contributed by atoms with Gasteiger partial charge in [-0.3, -0.25) is 9.55 Å². The number of carboxylic acids is 1. The number of anilines is 1. The Labute approximate surface area is 212 Å². The zero-order valence-electron chi connectivity index (χ0n) is 20.0. The van der Waals surface area contributed by atoms with E-state index in [0.29, 0.717) is 11.7 Å². The topological polar surface area (TPSA) is 102 Å². The van der Waals surface area contributed by atoms with Gasteiger partial charge in [-0.15, -0.1) is 11.3 Å². The fraction of sp³-hybridized carbons (Fsp3) is 0.185. The van der Waals surface area contributed by atoms with Crippen LogP contribution in [-0.4, -0.2) is 23.2 Å². The molecule has 7 nitrogen and oxygen atoms in total. The molecule has 2 N–H and O–H groups in total. The Kier molecular flexibility index (Phi) is 6.43. The van der Waals surface area contributed by atoms with Gasteiger partial charge in [-0.05, 0) is 55.7 Å². The van der Waals surface area contributed by atoms with E-state index >= 15 is 0 Å². The van der Waals surface area contributed by atoms with Crippen LogP contribution in [0.5, 0.6) is 0 Å². The Balaban J connectivity index is 1.42. The number of nitrogens with zero attached hydrogens (tertiary/aromatic N) is 1. The number of aromatic carboxylic acids is 1. The van der Waals surface area contributed by atoms with Gasteiger partial charge in [0.2, 0.25) is 0 Å². The maximum atomic E-state index is 13.8. The molecule has 0 spiro atoms. The molecular weight excluding hydrogens is 495 g/mol. The maximum Gasteiger partial charge on any atom is 0.348 e. The van der Waals surface area contributed by atoms with Crippen molar-refractivity contribution >= 4 is 52.5 Å². The van der Waals surface area contributed by atoms with Crippen molar-refractivity contribution in [1.29, 1.82) is 0 Å². The lowest BCUT2D eigenvalue weighted by molar-refractivity contribution is 0.0703. The molecule has 2 atom stereocenters. The van der Waals surface area contributed by atoms with E-state index in [1.54, 1.807) is 18.3 Å². The van der Waals surface area contributed by atoms with Crippen LogP contribution in [0.3, 0.4) is 0 Å². The first kappa shape index (κ1) is 24.3. The third-order valence-corrected chi connectivity index (χ3v) is 9.53. The SMILES string of the molecule is COP(=O)(Nc1cc(C2=CCC(c3cc4ncccc4o3)C=C2)sc1C(=O)O)c1ccc(C)cc1C. The molecule has 3 heterocycles. The van der Waals surface area contributed by atoms with Gasteiger partial charge in [0.25, 0.3) is 0 Å². The van der Waals surface area contributed by atoms with Crippen molar-refractivity contribution in [2.75, 3.05) is 12.2 Å². The van der Waals surface area contributed by atoms with Gasteiger partial charge in [0, 0.05) is 30.2 Å². The highest BCUT2D eigenvalue weighted by Gasteiger charge is 2.30. The van der Waals surface area contributed by atoms with Crippen LogP contribution in [0.4, 0.5) is 5.69 Å². The number of hydrogen-bond acceptors (Lipinski definition) is 6. The van der Waals surface area contributed by atoms with E-state index < -0.39 is 13.5 Å². The molecule has 1 aliphatic rings. The summed E-state index contributed by atoms with van der Waals surface area (Å²) in [4.78, 5) is 17.2. The molecule has 4 aromatic rings. The number of aryl methyl sites for hydroxylation is 2. The van der Waals surface area contributed by atoms with Crippen molar-refractivity contribution in [1.82, 2.24) is 4.98 Å². The van der Waals surface area contributed by atoms with Gasteiger partial charge in [-0.25, -0.2) is 4.79 Å². The van der Waals surface area contributed by atoms with E-state index in [2.05, 4.69) is 22.2 Å². The average molecular weight is 521 g/mol. The second kappa shape index (κ2) is 9.54. The van der Waals surface area contributed by atoms with Crippen molar-refractivity contribution in [3.8, 4) is 0 Å². The van der Waals surface area contributed by atoms with E-state index in [9.17, 15) is 14.5 Å². The van der Waals surface area contributed by atoms with Crippen molar-refractivity contribution < 1.29 is 23.4 Å². The van der Waals surface area contributed by atoms with E-state index in [-0.39, 0.29) is 16.5 Å². The Morgan fingerprint density at radius 3 is 2.75 bits per heavy atom. The van der Waals surface area contributed by atoms with Gasteiger partial charge in [-0.2, -0.15) is 0 Å². The molecule has 1 aromatic carbocycles. The molecule has 1 aliphatic carbocycles. The predicted molar refractivity (Wildman–Crippen MR) is 144 cm³/mol. The average Bonchev–Trinajstić information content (AvgIpc) is 3.48. The monoisotopic (exact) mass is 520 g/mol. The molecule has 3 aromatic heterocycles. The normalized spacial score (nSPS) is 17.1. The molecule has 0 aliphatic heterocycles. The van der Waals surface area contributed by atoms with Crippen LogP contribution in [-0.2, 0) is 9.09 Å². The molecule has 0 radical (unpaired) electrons. The first-order chi connectivity index (χ1) is 17.3. The van der Waals surface area contributed by atoms with E-state index in [1.165, 1.54) is 7.11 Å². The number of hydrogen-bond donors (Lipinski definition) is 2. The molecule has 36 heavy (non-hydrogen) atoms. The lowest BCUT2D eigenvalue weighted by Crippen LogP contribution is -2.17. The van der Waals surface area contributed by atoms with E-state index in [1.807, 2.05) is 50.3 Å². The van der Waals surface area contributed by atoms with E-state index in [4.69, 9.17) is 8.94 Å². The molecular formula is C27H25N2O5PS. The zero-order chi connectivity index (χ0) is 25.4. The third-order valence-electron chi connectivity index (χ3n) is 6.18. The molecule has 0 bridgehead atoms. The summed E-state index contributed by atoms with van der Waals surface area (Å²) >= 11 is 1.14. The van der Waals surface area contributed by atoms with Crippen LogP contribution in [0, 0.1) is 13.8 Å². The Bertz CT molecular complexity index is 1550. The van der Waals surface area contributed by atoms with Gasteiger partial charge >= 0.3 is 13.5 Å². The Morgan fingerprint density at radius 1 is 1.25 bits per heavy atom. The minimum absolute atomic E-state index is 0.0673. The lowest BCUT2D eigenvalue weighted by atomic mass is 9.94. The number of fused-ring (bicyclic) bond motifs is 1. The number of carboxylic acid groups (broad SMARTS) is 1. The molecule has 0 amide bonds. The quantitative estimate of drug-likeness (QED) is 0.255. The van der Waals surface area contributed by atoms with Crippen LogP contribution in [0.1, 0.15) is 43.8 Å². The molecule has 184 valence electrons. The summed E-state index contributed by atoms with van der Waals surface area (Å²) in [6.07, 6.45) is 8.52. The summed E-state index contributed by atoms with van der Waals surface area (Å²) in [6, 6.07) is 13.0. The fourth-order valence-electron chi connectivity index (χ4n) is 4.36. The van der Waals surface area contributed by atoms with Gasteiger partial charge in [0.1, 0.15) is 16.2 Å². The van der Waals surface area contributed by atoms with Gasteiger partial charge < -0.3 is 19.1 Å². The number of thiophene rings is 1. The summed E-state index contributed by atoms with van der Waals surface area (Å²) in [5.74, 6) is -0.188. The largest absolute Gasteiger partial charge is 0.477 e. The van der Waals surface area contributed by atoms with Gasteiger partial charge in [0.05, 0.1) is 11.0 Å². The van der Waals surface area contributed by atoms with Crippen LogP contribution in [0.15, 0.2) is 71.3 Å². The maximum absolute atomic E-state index is 13.8. The highest BCUT2D eigenvalue weighted by molar-refractivity contribution is 7.68. The van der Waals surface area contributed by atoms with Gasteiger partial charge in [-0.1, -0.05) is 35.9 Å². The van der Waals surface area contributed by atoms with Crippen LogP contribution in [0.2, 0.25) is 0 Å². The molecule has 9 heteroatoms. The smallest absolute Gasteiger partial charge is 0.348 e. The number of furan rings is 1. The number of carbonyl (C=O) groups is 1. The summed E-state index contributed by atoms with van der Waals surface area (Å²) < 4.78 is 25.1. The Morgan fingerprint density at radius 2 is 2.08 bits per heavy atom. The van der Waals surface area contributed by atoms with Crippen LogP contribution >= 0.6 is 18.9 Å². The van der Waals surface area contributed by atoms with Crippen molar-refractivity contribution in [2.24, 2.45) is 0 Å². The third kappa shape index (κ3) is 4.55. The summed E-state index contributed by atoms with van der Waals surface area (Å²) in [6.45, 7) is 3.82. The number of rotatable bonds is 7. The molecule has 2 unspecified atom stereocenters. The van der Waals surface area contributed by atoms with Crippen molar-refractivity contribution in [3.63, 3.8) is 0 Å². The number of nitrogens with one attached hydrogen (secondary N) is 1. The highest BCUT2D eigenvalue weighted by atomic mass is 32.1. The standard InChI is InChI=1S/C27H25N2O5PS/c1-16-6-11-24(17(2)13-16)35(32,33-3)29-21-15-25(36-26(21)27(30)31)19-9-7-18(8-10-19)23-14-20-22(34-23)5-4-12-28-20/h4-7,9-15,18H,8H2,1-3H3,(H,29,32)(H,30,31). The highest BCUT2D eigenvalue weighted by Crippen LogP contribution is 2.48. The fourth-order valence-corrected chi connectivity index (χ4v) is 7.11. The second-order valence-corrected chi connectivity index (χ2v) is 11.9. The number of benzene rings is 1. The minimum atomic E-state index is -3.55. The van der Waals surface area contributed by atoms with E-state index in [0.717, 1.165) is 49.8 Å². The second-order valence-electron chi connectivity index (χ2n) is 8.69. The number of aromatic nitrogens is 1. The predicted octanol–water partition coefficient (Wildman–Crippen LogP) is 6.91. The molecule has 5 rings (SSSR count). The minimum Gasteiger partial charge on any atom is -0.477 e. The molecule has 0 saturated carbocycles. The number of allylic oxidation sites excluding steroid dienone is 4. The summed E-state index contributed by atoms with van der Waals surface area (Å²) in [5.41, 5.74) is 4.59. The Hall–Kier alpha value is -3.45. The number of pyridine rings is 1. The molecule has 0 fully saturated rings. The lowest BCUT2D eigenvalue weighted by Gasteiger charge is -2.20. The summed E-state index contributed by atoms with van der Waals surface area (Å²) in [5, 5.41) is 13.3. The van der Waals surface area contributed by atoms with Crippen molar-refractivity contribution in [2.45, 2.75) is 26.2 Å². The first-order valence-electron chi connectivity index (χ1n) is 11.4.